The molecule has 1 aliphatic rings. The molecule has 12 nitrogen and oxygen atoms in total. The van der Waals surface area contributed by atoms with Gasteiger partial charge in [-0.2, -0.15) is 0 Å². The summed E-state index contributed by atoms with van der Waals surface area (Å²) >= 11 is 0. The number of likely N-dealkylation sites (tertiary alicyclic amines) is 1. The van der Waals surface area contributed by atoms with E-state index in [1.54, 1.807) is 18.7 Å². The fourth-order valence-corrected chi connectivity index (χ4v) is 6.53. The van der Waals surface area contributed by atoms with Crippen molar-refractivity contribution in [3.8, 4) is 0 Å². The van der Waals surface area contributed by atoms with Gasteiger partial charge in [-0.1, -0.05) is 13.8 Å². The first-order valence-corrected chi connectivity index (χ1v) is 15.1. The molecule has 0 radical (unpaired) electrons. The van der Waals surface area contributed by atoms with Crippen LogP contribution < -0.4 is 10.6 Å². The Kier molecular flexibility index (Phi) is 10.9. The highest BCUT2D eigenvalue weighted by atomic mass is 32.2. The Balaban J connectivity index is 3.02. The zero-order chi connectivity index (χ0) is 28.1. The maximum Gasteiger partial charge on any atom is 0.225 e. The number of hydrogen-bond acceptors (Lipinski definition) is 9. The number of carbonyl (C=O) groups is 3. The largest absolute Gasteiger partial charge is 0.748 e. The molecule has 3 unspecified atom stereocenters. The number of nitrogens with zero attached hydrogens (tertiary/aromatic N) is 1. The summed E-state index contributed by atoms with van der Waals surface area (Å²) in [7, 11) is -9.15. The van der Waals surface area contributed by atoms with Gasteiger partial charge in [0.05, 0.1) is 37.7 Å². The van der Waals surface area contributed by atoms with Gasteiger partial charge in [-0.25, -0.2) is 16.8 Å². The molecule has 14 heteroatoms. The summed E-state index contributed by atoms with van der Waals surface area (Å²) in [6.07, 6.45) is 1.84. The Morgan fingerprint density at radius 1 is 0.944 bits per heavy atom. The van der Waals surface area contributed by atoms with Gasteiger partial charge in [0.25, 0.3) is 0 Å². The van der Waals surface area contributed by atoms with Crippen LogP contribution in [0.2, 0.25) is 0 Å². The highest BCUT2D eigenvalue weighted by Crippen LogP contribution is 2.27. The van der Waals surface area contributed by atoms with Crippen LogP contribution in [0.4, 0.5) is 0 Å². The topological polar surface area (TPSA) is 193 Å². The molecule has 1 heterocycles. The highest BCUT2D eigenvalue weighted by Gasteiger charge is 2.38. The van der Waals surface area contributed by atoms with Gasteiger partial charge in [-0.15, -0.1) is 0 Å². The van der Waals surface area contributed by atoms with Crippen LogP contribution in [-0.2, 0) is 34.6 Å². The maximum absolute atomic E-state index is 13.2. The molecule has 1 fully saturated rings. The number of amides is 3. The second-order valence-electron chi connectivity index (χ2n) is 10.9. The van der Waals surface area contributed by atoms with E-state index in [9.17, 15) is 40.3 Å². The first kappa shape index (κ1) is 32.3. The Morgan fingerprint density at radius 3 is 1.81 bits per heavy atom. The van der Waals surface area contributed by atoms with Crippen LogP contribution in [-0.4, -0.2) is 83.7 Å². The minimum atomic E-state index is -4.59. The second kappa shape index (κ2) is 12.2. The third-order valence-corrected chi connectivity index (χ3v) is 8.24. The summed E-state index contributed by atoms with van der Waals surface area (Å²) in [5.74, 6) is -3.95. The van der Waals surface area contributed by atoms with E-state index < -0.39 is 72.5 Å². The van der Waals surface area contributed by atoms with Crippen molar-refractivity contribution in [1.29, 1.82) is 0 Å². The van der Waals surface area contributed by atoms with Crippen LogP contribution in [0.25, 0.3) is 0 Å². The lowest BCUT2D eigenvalue weighted by Gasteiger charge is -2.37. The molecular weight excluding hydrogens is 514 g/mol. The lowest BCUT2D eigenvalue weighted by Crippen LogP contribution is -2.54. The van der Waals surface area contributed by atoms with Crippen LogP contribution in [0.3, 0.4) is 0 Å². The zero-order valence-electron chi connectivity index (χ0n) is 21.8. The highest BCUT2D eigenvalue weighted by molar-refractivity contribution is 7.86. The monoisotopic (exact) mass is 553 g/mol. The summed E-state index contributed by atoms with van der Waals surface area (Å²) in [6.45, 7) is 9.56. The van der Waals surface area contributed by atoms with Crippen molar-refractivity contribution in [3.05, 3.63) is 0 Å². The van der Waals surface area contributed by atoms with Gasteiger partial charge in [0.1, 0.15) is 0 Å². The van der Waals surface area contributed by atoms with Crippen LogP contribution in [0.1, 0.15) is 73.6 Å². The Bertz CT molecular complexity index is 1020. The molecule has 0 aromatic carbocycles. The minimum absolute atomic E-state index is 0.119. The van der Waals surface area contributed by atoms with Crippen molar-refractivity contribution in [2.75, 3.05) is 18.1 Å². The molecule has 0 aromatic heterocycles. The lowest BCUT2D eigenvalue weighted by molar-refractivity contribution is -0.135. The predicted octanol–water partition coefficient (Wildman–Crippen LogP) is 0.300. The number of carbonyl (C=O) groups excluding carboxylic acids is 3. The Hall–Kier alpha value is -1.77. The third-order valence-electron chi connectivity index (χ3n) is 6.09. The van der Waals surface area contributed by atoms with Crippen LogP contribution >= 0.6 is 0 Å². The van der Waals surface area contributed by atoms with Gasteiger partial charge in [0.2, 0.25) is 17.7 Å². The molecule has 0 aliphatic carbocycles. The quantitative estimate of drug-likeness (QED) is 0.285. The van der Waals surface area contributed by atoms with E-state index in [0.29, 0.717) is 25.8 Å². The predicted molar refractivity (Wildman–Crippen MR) is 130 cm³/mol. The molecule has 0 aromatic rings. The first-order valence-electron chi connectivity index (χ1n) is 12.0. The Morgan fingerprint density at radius 2 is 1.42 bits per heavy atom. The zero-order valence-corrected chi connectivity index (χ0v) is 23.5. The van der Waals surface area contributed by atoms with Gasteiger partial charge in [-0.05, 0) is 53.4 Å². The van der Waals surface area contributed by atoms with E-state index >= 15 is 0 Å². The van der Waals surface area contributed by atoms with E-state index in [-0.39, 0.29) is 18.7 Å². The van der Waals surface area contributed by atoms with Crippen molar-refractivity contribution in [2.24, 2.45) is 11.8 Å². The SMILES string of the molecule is CCC(C(=O)NC(C)(C)CS(=O)(=O)[O-])C(CCC(C)C(=O)NC(C)(C)CS(=O)(=O)[O-])N1CCCC1=O. The molecule has 0 spiro atoms. The molecule has 3 amide bonds. The van der Waals surface area contributed by atoms with Gasteiger partial charge in [0.15, 0.2) is 0 Å². The summed E-state index contributed by atoms with van der Waals surface area (Å²) in [5, 5.41) is 5.19. The molecule has 1 aliphatic heterocycles. The Labute approximate surface area is 214 Å². The molecule has 3 atom stereocenters. The van der Waals surface area contributed by atoms with Crippen molar-refractivity contribution >= 4 is 38.0 Å². The smallest absolute Gasteiger partial charge is 0.225 e. The number of nitrogens with one attached hydrogen (secondary N) is 2. The van der Waals surface area contributed by atoms with E-state index in [2.05, 4.69) is 10.6 Å². The average molecular weight is 554 g/mol. The van der Waals surface area contributed by atoms with Crippen molar-refractivity contribution in [1.82, 2.24) is 15.5 Å². The van der Waals surface area contributed by atoms with Crippen LogP contribution in [0.15, 0.2) is 0 Å². The molecular formula is C22H39N3O9S2-2. The summed E-state index contributed by atoms with van der Waals surface area (Å²) < 4.78 is 67.0. The van der Waals surface area contributed by atoms with Crippen molar-refractivity contribution < 1.29 is 40.3 Å². The van der Waals surface area contributed by atoms with Gasteiger partial charge >= 0.3 is 0 Å². The molecule has 210 valence electrons. The second-order valence-corrected chi connectivity index (χ2v) is 13.7. The van der Waals surface area contributed by atoms with E-state index in [1.165, 1.54) is 27.7 Å². The van der Waals surface area contributed by atoms with Crippen LogP contribution in [0, 0.1) is 11.8 Å². The third kappa shape index (κ3) is 11.1. The lowest BCUT2D eigenvalue weighted by atomic mass is 9.87. The average Bonchev–Trinajstić information content (AvgIpc) is 3.05. The fraction of sp³-hybridized carbons (Fsp3) is 0.864. The van der Waals surface area contributed by atoms with E-state index in [1.807, 2.05) is 0 Å². The molecule has 1 rings (SSSR count). The minimum Gasteiger partial charge on any atom is -0.748 e. The summed E-state index contributed by atoms with van der Waals surface area (Å²) in [4.78, 5) is 40.0. The standard InChI is InChI=1S/C22H41N3O9S2/c1-7-16(20(28)24-22(5,6)14-36(32,33)34)17(25-12-8-9-18(25)26)11-10-15(2)19(27)23-21(3,4)13-35(29,30)31/h15-17H,7-14H2,1-6H3,(H,23,27)(H,24,28)(H,29,30,31)(H,32,33,34)/p-2. The summed E-state index contributed by atoms with van der Waals surface area (Å²) in [5.41, 5.74) is -2.58. The van der Waals surface area contributed by atoms with Crippen LogP contribution in [0.5, 0.6) is 0 Å². The number of rotatable bonds is 14. The molecule has 0 saturated carbocycles. The number of hydrogen-bond donors (Lipinski definition) is 2. The molecule has 0 bridgehead atoms. The van der Waals surface area contributed by atoms with E-state index in [0.717, 1.165) is 0 Å². The molecule has 1 saturated heterocycles. The van der Waals surface area contributed by atoms with E-state index in [4.69, 9.17) is 0 Å². The first-order chi connectivity index (χ1) is 16.2. The molecule has 36 heavy (non-hydrogen) atoms. The van der Waals surface area contributed by atoms with Crippen molar-refractivity contribution in [2.45, 2.75) is 90.8 Å². The van der Waals surface area contributed by atoms with Gasteiger partial charge in [-0.3, -0.25) is 14.4 Å². The van der Waals surface area contributed by atoms with Crippen molar-refractivity contribution in [3.63, 3.8) is 0 Å². The van der Waals surface area contributed by atoms with Gasteiger partial charge in [0, 0.05) is 36.0 Å². The van der Waals surface area contributed by atoms with Gasteiger partial charge < -0.3 is 24.6 Å². The normalized spacial score (nSPS) is 18.0. The fourth-order valence-electron chi connectivity index (χ4n) is 4.62. The maximum atomic E-state index is 13.2. The summed E-state index contributed by atoms with van der Waals surface area (Å²) in [6, 6.07) is -0.560. The molecule has 2 N–H and O–H groups in total.